The molecule has 1 atom stereocenters. The topological polar surface area (TPSA) is 37.4 Å². The minimum atomic E-state index is -0.117. The van der Waals surface area contributed by atoms with E-state index in [1.807, 2.05) is 19.1 Å². The molecular weight excluding hydrogens is 250 g/mol. The fraction of sp³-hybridized carbons (Fsp3) is 0.529. The maximum Gasteiger partial charge on any atom is 0.261 e. The van der Waals surface area contributed by atoms with Gasteiger partial charge in [0.05, 0.1) is 11.1 Å². The molecular formula is C17H21NO2. The molecule has 3 heteroatoms. The van der Waals surface area contributed by atoms with E-state index in [0.29, 0.717) is 17.0 Å². The Hall–Kier alpha value is -1.64. The maximum absolute atomic E-state index is 12.4. The van der Waals surface area contributed by atoms with Gasteiger partial charge in [-0.25, -0.2) is 0 Å². The van der Waals surface area contributed by atoms with Crippen molar-refractivity contribution in [2.45, 2.75) is 51.5 Å². The molecule has 1 saturated carbocycles. The molecule has 3 rings (SSSR count). The Morgan fingerprint density at radius 3 is 2.15 bits per heavy atom. The van der Waals surface area contributed by atoms with E-state index in [4.69, 9.17) is 0 Å². The Labute approximate surface area is 120 Å². The third-order valence-corrected chi connectivity index (χ3v) is 4.67. The lowest BCUT2D eigenvalue weighted by Crippen LogP contribution is -2.39. The van der Waals surface area contributed by atoms with Gasteiger partial charge >= 0.3 is 0 Å². The number of imide groups is 1. The van der Waals surface area contributed by atoms with Crippen LogP contribution in [0.15, 0.2) is 24.3 Å². The molecule has 0 N–H and O–H groups in total. The van der Waals surface area contributed by atoms with Crippen LogP contribution in [0, 0.1) is 5.92 Å². The van der Waals surface area contributed by atoms with Crippen molar-refractivity contribution in [2.75, 3.05) is 0 Å². The third-order valence-electron chi connectivity index (χ3n) is 4.67. The predicted molar refractivity (Wildman–Crippen MR) is 77.6 cm³/mol. The summed E-state index contributed by atoms with van der Waals surface area (Å²) in [5.41, 5.74) is 1.13. The molecule has 2 amide bonds. The van der Waals surface area contributed by atoms with Gasteiger partial charge in [0, 0.05) is 6.04 Å². The first kappa shape index (κ1) is 13.3. The van der Waals surface area contributed by atoms with Gasteiger partial charge in [0.25, 0.3) is 11.8 Å². The van der Waals surface area contributed by atoms with Crippen LogP contribution in [0.1, 0.15) is 66.2 Å². The number of hydrogen-bond donors (Lipinski definition) is 0. The van der Waals surface area contributed by atoms with Crippen molar-refractivity contribution in [3.63, 3.8) is 0 Å². The van der Waals surface area contributed by atoms with Crippen LogP contribution in [0.5, 0.6) is 0 Å². The second kappa shape index (κ2) is 5.39. The summed E-state index contributed by atoms with van der Waals surface area (Å²) in [7, 11) is 0. The molecule has 3 nitrogen and oxygen atoms in total. The van der Waals surface area contributed by atoms with Crippen LogP contribution in [-0.4, -0.2) is 22.8 Å². The Morgan fingerprint density at radius 2 is 1.60 bits per heavy atom. The van der Waals surface area contributed by atoms with Gasteiger partial charge in [-0.3, -0.25) is 14.5 Å². The Kier molecular flexibility index (Phi) is 3.60. The van der Waals surface area contributed by atoms with E-state index in [1.165, 1.54) is 37.0 Å². The molecule has 20 heavy (non-hydrogen) atoms. The molecule has 106 valence electrons. The van der Waals surface area contributed by atoms with Gasteiger partial charge in [-0.05, 0) is 31.4 Å². The van der Waals surface area contributed by atoms with Crippen molar-refractivity contribution in [1.29, 1.82) is 0 Å². The first-order chi connectivity index (χ1) is 9.68. The van der Waals surface area contributed by atoms with Crippen molar-refractivity contribution in [3.8, 4) is 0 Å². The average Bonchev–Trinajstić information content (AvgIpc) is 2.72. The van der Waals surface area contributed by atoms with Crippen molar-refractivity contribution in [2.24, 2.45) is 5.92 Å². The highest BCUT2D eigenvalue weighted by atomic mass is 16.2. The number of fused-ring (bicyclic) bond motifs is 1. The van der Waals surface area contributed by atoms with Crippen LogP contribution in [0.25, 0.3) is 0 Å². The van der Waals surface area contributed by atoms with Gasteiger partial charge in [0.15, 0.2) is 0 Å². The fourth-order valence-electron chi connectivity index (χ4n) is 3.62. The van der Waals surface area contributed by atoms with Gasteiger partial charge in [-0.15, -0.1) is 0 Å². The summed E-state index contributed by atoms with van der Waals surface area (Å²) in [6.07, 6.45) is 7.35. The van der Waals surface area contributed by atoms with Crippen molar-refractivity contribution in [1.82, 2.24) is 4.90 Å². The Morgan fingerprint density at radius 1 is 1.05 bits per heavy atom. The number of benzene rings is 1. The molecule has 0 aromatic heterocycles. The molecule has 1 heterocycles. The minimum absolute atomic E-state index is 0.00509. The van der Waals surface area contributed by atoms with Gasteiger partial charge in [0.2, 0.25) is 0 Å². The number of carbonyl (C=O) groups is 2. The van der Waals surface area contributed by atoms with Crippen molar-refractivity contribution in [3.05, 3.63) is 35.4 Å². The summed E-state index contributed by atoms with van der Waals surface area (Å²) in [4.78, 5) is 26.3. The maximum atomic E-state index is 12.4. The van der Waals surface area contributed by atoms with Gasteiger partial charge in [-0.1, -0.05) is 44.2 Å². The standard InChI is InChI=1S/C17H21NO2/c1-12(11-13-7-3-2-4-8-13)18-16(19)14-9-5-6-10-15(14)17(18)20/h5-6,9-10,12-13H,2-4,7-8,11H2,1H3/t12-/m1/s1. The van der Waals surface area contributed by atoms with E-state index >= 15 is 0 Å². The number of nitrogens with zero attached hydrogens (tertiary/aromatic N) is 1. The van der Waals surface area contributed by atoms with E-state index in [2.05, 4.69) is 0 Å². The predicted octanol–water partition coefficient (Wildman–Crippen LogP) is 3.64. The van der Waals surface area contributed by atoms with E-state index < -0.39 is 0 Å². The first-order valence-electron chi connectivity index (χ1n) is 7.65. The lowest BCUT2D eigenvalue weighted by molar-refractivity contribution is 0.0571. The molecule has 1 aliphatic heterocycles. The van der Waals surface area contributed by atoms with E-state index in [-0.39, 0.29) is 17.9 Å². The molecule has 0 spiro atoms. The number of hydrogen-bond acceptors (Lipinski definition) is 2. The van der Waals surface area contributed by atoms with E-state index in [9.17, 15) is 9.59 Å². The van der Waals surface area contributed by atoms with Crippen LogP contribution in [0.2, 0.25) is 0 Å². The third kappa shape index (κ3) is 2.26. The molecule has 1 aromatic carbocycles. The number of carbonyl (C=O) groups excluding carboxylic acids is 2. The monoisotopic (exact) mass is 271 g/mol. The molecule has 2 aliphatic rings. The zero-order chi connectivity index (χ0) is 14.1. The summed E-state index contributed by atoms with van der Waals surface area (Å²) in [6.45, 7) is 2.01. The smallest absolute Gasteiger partial charge is 0.261 e. The highest BCUT2D eigenvalue weighted by Gasteiger charge is 2.38. The zero-order valence-electron chi connectivity index (χ0n) is 12.0. The van der Waals surface area contributed by atoms with Crippen LogP contribution in [-0.2, 0) is 0 Å². The van der Waals surface area contributed by atoms with Gasteiger partial charge in [-0.2, -0.15) is 0 Å². The normalized spacial score (nSPS) is 21.1. The second-order valence-corrected chi connectivity index (χ2v) is 6.11. The molecule has 1 fully saturated rings. The van der Waals surface area contributed by atoms with Crippen LogP contribution in [0.4, 0.5) is 0 Å². The summed E-state index contributed by atoms with van der Waals surface area (Å²) in [5, 5.41) is 0. The molecule has 0 radical (unpaired) electrons. The van der Waals surface area contributed by atoms with Crippen molar-refractivity contribution < 1.29 is 9.59 Å². The van der Waals surface area contributed by atoms with Gasteiger partial charge < -0.3 is 0 Å². The molecule has 1 aliphatic carbocycles. The Bertz CT molecular complexity index is 497. The fourth-order valence-corrected chi connectivity index (χ4v) is 3.62. The van der Waals surface area contributed by atoms with E-state index in [0.717, 1.165) is 6.42 Å². The Balaban J connectivity index is 1.74. The molecule has 0 bridgehead atoms. The minimum Gasteiger partial charge on any atom is -0.271 e. The highest BCUT2D eigenvalue weighted by Crippen LogP contribution is 2.31. The molecule has 0 saturated heterocycles. The largest absolute Gasteiger partial charge is 0.271 e. The number of rotatable bonds is 3. The highest BCUT2D eigenvalue weighted by molar-refractivity contribution is 6.21. The quantitative estimate of drug-likeness (QED) is 0.787. The summed E-state index contributed by atoms with van der Waals surface area (Å²) >= 11 is 0. The number of amides is 2. The second-order valence-electron chi connectivity index (χ2n) is 6.11. The molecule has 0 unspecified atom stereocenters. The van der Waals surface area contributed by atoms with E-state index in [1.54, 1.807) is 12.1 Å². The van der Waals surface area contributed by atoms with Crippen LogP contribution >= 0.6 is 0 Å². The summed E-state index contributed by atoms with van der Waals surface area (Å²) < 4.78 is 0. The first-order valence-corrected chi connectivity index (χ1v) is 7.65. The summed E-state index contributed by atoms with van der Waals surface area (Å²) in [5.74, 6) is 0.436. The molecule has 1 aromatic rings. The van der Waals surface area contributed by atoms with Crippen LogP contribution < -0.4 is 0 Å². The van der Waals surface area contributed by atoms with Gasteiger partial charge in [0.1, 0.15) is 0 Å². The van der Waals surface area contributed by atoms with Crippen molar-refractivity contribution >= 4 is 11.8 Å². The average molecular weight is 271 g/mol. The lowest BCUT2D eigenvalue weighted by Gasteiger charge is -2.29. The lowest BCUT2D eigenvalue weighted by atomic mass is 9.85. The van der Waals surface area contributed by atoms with Crippen LogP contribution in [0.3, 0.4) is 0 Å². The summed E-state index contributed by atoms with van der Waals surface area (Å²) in [6, 6.07) is 7.15. The zero-order valence-corrected chi connectivity index (χ0v) is 12.0. The SMILES string of the molecule is C[C@H](CC1CCCCC1)N1C(=O)c2ccccc2C1=O.